The second kappa shape index (κ2) is 7.53. The Balaban J connectivity index is 2.11. The number of hydrogen-bond acceptors (Lipinski definition) is 8. The summed E-state index contributed by atoms with van der Waals surface area (Å²) >= 11 is 4.36. The number of carboxylic acid groups (broad SMARTS) is 1. The van der Waals surface area contributed by atoms with E-state index in [0.717, 1.165) is 11.5 Å². The first kappa shape index (κ1) is 19.1. The summed E-state index contributed by atoms with van der Waals surface area (Å²) in [7, 11) is 5.55. The van der Waals surface area contributed by atoms with Crippen molar-refractivity contribution in [2.24, 2.45) is 7.05 Å². The van der Waals surface area contributed by atoms with Gasteiger partial charge >= 0.3 is 6.09 Å². The Labute approximate surface area is 165 Å². The van der Waals surface area contributed by atoms with Crippen molar-refractivity contribution in [1.82, 2.24) is 24.7 Å². The number of thiol groups is 1. The number of amides is 1. The Morgan fingerprint density at radius 3 is 2.54 bits per heavy atom. The molecule has 2 N–H and O–H groups in total. The van der Waals surface area contributed by atoms with Gasteiger partial charge in [-0.1, -0.05) is 0 Å². The highest BCUT2D eigenvalue weighted by Crippen LogP contribution is 2.32. The lowest BCUT2D eigenvalue weighted by Gasteiger charge is -2.10. The summed E-state index contributed by atoms with van der Waals surface area (Å²) < 4.78 is 1.68. The van der Waals surface area contributed by atoms with E-state index in [4.69, 9.17) is 5.11 Å². The van der Waals surface area contributed by atoms with Gasteiger partial charge in [0.2, 0.25) is 5.95 Å². The molecule has 3 rings (SSSR count). The molecule has 0 radical (unpaired) electrons. The summed E-state index contributed by atoms with van der Waals surface area (Å²) in [6, 6.07) is 5.74. The highest BCUT2D eigenvalue weighted by Gasteiger charge is 2.18. The number of nitrogens with one attached hydrogen (secondary N) is 1. The van der Waals surface area contributed by atoms with Crippen LogP contribution in [0.15, 0.2) is 29.6 Å². The van der Waals surface area contributed by atoms with Crippen LogP contribution >= 0.6 is 12.6 Å². The number of rotatable bonds is 4. The maximum absolute atomic E-state index is 10.7. The molecule has 0 saturated heterocycles. The number of carbonyl (C=O) groups is 1. The average molecular weight is 396 g/mol. The lowest BCUT2D eigenvalue weighted by Crippen LogP contribution is -2.10. The number of aryl methyl sites for hydroxylation is 1. The van der Waals surface area contributed by atoms with Crippen molar-refractivity contribution in [2.45, 2.75) is 5.03 Å². The standard InChI is InChI=1S/C17H16N8O2S/c1-24(2)14-5-13(25(3)23-14)10-4-12(21-15(28)11(10)6-18)9-7-19-16(20-8-9)22-17(26)27/h4-5,7-8H,1-3H3,(H,21,28)(H,26,27)(H,19,20,22). The summed E-state index contributed by atoms with van der Waals surface area (Å²) in [5.74, 6) is 0.700. The van der Waals surface area contributed by atoms with Crippen molar-refractivity contribution in [2.75, 3.05) is 24.3 Å². The third-order valence-electron chi connectivity index (χ3n) is 3.88. The molecule has 0 aliphatic carbocycles. The van der Waals surface area contributed by atoms with Crippen LogP contribution in [0.2, 0.25) is 0 Å². The van der Waals surface area contributed by atoms with Crippen molar-refractivity contribution in [1.29, 1.82) is 5.26 Å². The third kappa shape index (κ3) is 3.72. The molecule has 0 atom stereocenters. The minimum atomic E-state index is -1.25. The molecule has 0 spiro atoms. The predicted octanol–water partition coefficient (Wildman–Crippen LogP) is 2.26. The maximum atomic E-state index is 10.7. The van der Waals surface area contributed by atoms with Crippen molar-refractivity contribution in [3.63, 3.8) is 0 Å². The summed E-state index contributed by atoms with van der Waals surface area (Å²) in [6.45, 7) is 0. The van der Waals surface area contributed by atoms with Crippen LogP contribution in [-0.2, 0) is 7.05 Å². The monoisotopic (exact) mass is 396 g/mol. The zero-order valence-corrected chi connectivity index (χ0v) is 16.1. The van der Waals surface area contributed by atoms with E-state index in [0.29, 0.717) is 22.4 Å². The van der Waals surface area contributed by atoms with E-state index in [2.05, 4.69) is 44.1 Å². The van der Waals surface area contributed by atoms with E-state index in [9.17, 15) is 10.1 Å². The topological polar surface area (TPSA) is 133 Å². The SMILES string of the molecule is CN(C)c1cc(-c2cc(-c3cnc(NC(=O)O)nc3)nc(S)c2C#N)n(C)n1. The van der Waals surface area contributed by atoms with Gasteiger partial charge in [-0.05, 0) is 6.07 Å². The van der Waals surface area contributed by atoms with E-state index in [1.807, 2.05) is 25.1 Å². The number of nitriles is 1. The number of nitrogens with zero attached hydrogens (tertiary/aromatic N) is 7. The fraction of sp³-hybridized carbons (Fsp3) is 0.176. The number of aromatic nitrogens is 5. The van der Waals surface area contributed by atoms with Gasteiger partial charge in [0.1, 0.15) is 11.1 Å². The zero-order valence-electron chi connectivity index (χ0n) is 15.2. The summed E-state index contributed by atoms with van der Waals surface area (Å²) in [4.78, 5) is 24.8. The minimum Gasteiger partial charge on any atom is -0.465 e. The highest BCUT2D eigenvalue weighted by molar-refractivity contribution is 7.80. The Hall–Kier alpha value is -3.65. The van der Waals surface area contributed by atoms with E-state index in [-0.39, 0.29) is 11.0 Å². The Bertz CT molecular complexity index is 1090. The molecule has 1 amide bonds. The van der Waals surface area contributed by atoms with Gasteiger partial charge < -0.3 is 10.0 Å². The number of pyridine rings is 1. The first-order valence-corrected chi connectivity index (χ1v) is 8.43. The normalized spacial score (nSPS) is 10.4. The predicted molar refractivity (Wildman–Crippen MR) is 105 cm³/mol. The van der Waals surface area contributed by atoms with Crippen molar-refractivity contribution in [3.8, 4) is 28.6 Å². The third-order valence-corrected chi connectivity index (χ3v) is 4.20. The molecule has 3 heterocycles. The van der Waals surface area contributed by atoms with E-state index >= 15 is 0 Å². The highest BCUT2D eigenvalue weighted by atomic mass is 32.1. The fourth-order valence-electron chi connectivity index (χ4n) is 2.53. The van der Waals surface area contributed by atoms with Crippen molar-refractivity contribution >= 4 is 30.5 Å². The molecule has 0 bridgehead atoms. The van der Waals surface area contributed by atoms with Gasteiger partial charge in [-0.2, -0.15) is 10.4 Å². The minimum absolute atomic E-state index is 0.0431. The first-order valence-electron chi connectivity index (χ1n) is 7.98. The Kier molecular flexibility index (Phi) is 5.14. The van der Waals surface area contributed by atoms with Crippen LogP contribution in [0.25, 0.3) is 22.5 Å². The number of anilines is 2. The molecule has 3 aromatic heterocycles. The Morgan fingerprint density at radius 2 is 2.00 bits per heavy atom. The summed E-state index contributed by atoms with van der Waals surface area (Å²) in [5, 5.41) is 25.1. The first-order chi connectivity index (χ1) is 13.3. The fourth-order valence-corrected chi connectivity index (χ4v) is 2.81. The number of hydrogen-bond donors (Lipinski definition) is 3. The lowest BCUT2D eigenvalue weighted by molar-refractivity contribution is 0.209. The van der Waals surface area contributed by atoms with Crippen LogP contribution in [0, 0.1) is 11.3 Å². The Morgan fingerprint density at radius 1 is 1.32 bits per heavy atom. The average Bonchev–Trinajstić information content (AvgIpc) is 3.03. The van der Waals surface area contributed by atoms with Crippen LogP contribution in [0.3, 0.4) is 0 Å². The molecular weight excluding hydrogens is 380 g/mol. The molecule has 0 aromatic carbocycles. The summed E-state index contributed by atoms with van der Waals surface area (Å²) in [6.07, 6.45) is 1.63. The van der Waals surface area contributed by atoms with Crippen LogP contribution in [0.1, 0.15) is 5.56 Å². The van der Waals surface area contributed by atoms with Gasteiger partial charge in [-0.15, -0.1) is 12.6 Å². The second-order valence-electron chi connectivity index (χ2n) is 6.00. The lowest BCUT2D eigenvalue weighted by atomic mass is 10.0. The van der Waals surface area contributed by atoms with E-state index in [1.165, 1.54) is 12.4 Å². The molecular formula is C17H16N8O2S. The molecule has 11 heteroatoms. The van der Waals surface area contributed by atoms with Crippen LogP contribution in [-0.4, -0.2) is 50.0 Å². The quantitative estimate of drug-likeness (QED) is 0.572. The van der Waals surface area contributed by atoms with E-state index < -0.39 is 6.09 Å². The molecule has 3 aromatic rings. The molecule has 28 heavy (non-hydrogen) atoms. The van der Waals surface area contributed by atoms with Crippen molar-refractivity contribution in [3.05, 3.63) is 30.1 Å². The molecule has 142 valence electrons. The molecule has 10 nitrogen and oxygen atoms in total. The van der Waals surface area contributed by atoms with Gasteiger partial charge in [0.15, 0.2) is 5.82 Å². The van der Waals surface area contributed by atoms with Gasteiger partial charge in [0, 0.05) is 50.7 Å². The molecule has 0 fully saturated rings. The maximum Gasteiger partial charge on any atom is 0.411 e. The van der Waals surface area contributed by atoms with Gasteiger partial charge in [0.25, 0.3) is 0 Å². The van der Waals surface area contributed by atoms with Gasteiger partial charge in [0.05, 0.1) is 17.0 Å². The molecule has 0 saturated carbocycles. The zero-order chi connectivity index (χ0) is 20.4. The molecule has 0 aliphatic rings. The van der Waals surface area contributed by atoms with Crippen LogP contribution in [0.4, 0.5) is 16.6 Å². The van der Waals surface area contributed by atoms with Crippen LogP contribution < -0.4 is 10.2 Å². The van der Waals surface area contributed by atoms with E-state index in [1.54, 1.807) is 17.8 Å². The van der Waals surface area contributed by atoms with Crippen LogP contribution in [0.5, 0.6) is 0 Å². The largest absolute Gasteiger partial charge is 0.465 e. The van der Waals surface area contributed by atoms with Crippen molar-refractivity contribution < 1.29 is 9.90 Å². The molecule has 0 aliphatic heterocycles. The van der Waals surface area contributed by atoms with Gasteiger partial charge in [-0.3, -0.25) is 10.00 Å². The summed E-state index contributed by atoms with van der Waals surface area (Å²) in [5.41, 5.74) is 2.71. The van der Waals surface area contributed by atoms with Gasteiger partial charge in [-0.25, -0.2) is 19.7 Å². The molecule has 0 unspecified atom stereocenters. The smallest absolute Gasteiger partial charge is 0.411 e. The second-order valence-corrected chi connectivity index (χ2v) is 6.42.